The molecule has 1 atom stereocenters. The van der Waals surface area contributed by atoms with E-state index in [1.165, 1.54) is 0 Å². The number of fused-ring (bicyclic) bond motifs is 2. The Balaban J connectivity index is 1.62. The maximum absolute atomic E-state index is 13.6. The molecule has 0 saturated heterocycles. The van der Waals surface area contributed by atoms with Crippen LogP contribution in [-0.2, 0) is 6.54 Å². The summed E-state index contributed by atoms with van der Waals surface area (Å²) in [6.07, 6.45) is 2.09. The molecule has 4 aromatic rings. The van der Waals surface area contributed by atoms with Gasteiger partial charge in [0.2, 0.25) is 0 Å². The number of rotatable bonds is 2. The molecule has 4 nitrogen and oxygen atoms in total. The number of nitrogens with zero attached hydrogens (tertiary/aromatic N) is 2. The molecule has 0 spiro atoms. The second kappa shape index (κ2) is 6.43. The minimum Gasteiger partial charge on any atom is -0.350 e. The molecule has 1 unspecified atom stereocenters. The van der Waals surface area contributed by atoms with Gasteiger partial charge in [-0.2, -0.15) is 0 Å². The molecule has 5 rings (SSSR count). The van der Waals surface area contributed by atoms with Crippen LogP contribution in [0.5, 0.6) is 0 Å². The van der Waals surface area contributed by atoms with E-state index in [4.69, 9.17) is 0 Å². The summed E-state index contributed by atoms with van der Waals surface area (Å²) in [6, 6.07) is 22.3. The number of hydrogen-bond acceptors (Lipinski definition) is 1. The molecule has 1 amide bonds. The van der Waals surface area contributed by atoms with Crippen LogP contribution < -0.4 is 0 Å². The fraction of sp³-hybridized carbons (Fsp3) is 0.136. The van der Waals surface area contributed by atoms with E-state index in [0.29, 0.717) is 12.2 Å². The van der Waals surface area contributed by atoms with Crippen LogP contribution in [0.1, 0.15) is 27.8 Å². The topological polar surface area (TPSA) is 41.0 Å². The van der Waals surface area contributed by atoms with Crippen LogP contribution in [-0.4, -0.2) is 26.9 Å². The van der Waals surface area contributed by atoms with Gasteiger partial charge in [-0.05, 0) is 39.7 Å². The highest BCUT2D eigenvalue weighted by molar-refractivity contribution is 9.10. The first-order chi connectivity index (χ1) is 13.2. The van der Waals surface area contributed by atoms with Gasteiger partial charge in [0.05, 0.1) is 10.5 Å². The average molecular weight is 420 g/mol. The maximum Gasteiger partial charge on any atom is 0.272 e. The summed E-state index contributed by atoms with van der Waals surface area (Å²) in [6.45, 7) is 1.47. The first-order valence-corrected chi connectivity index (χ1v) is 9.80. The smallest absolute Gasteiger partial charge is 0.272 e. The third-order valence-electron chi connectivity index (χ3n) is 5.27. The van der Waals surface area contributed by atoms with Crippen LogP contribution in [0.3, 0.4) is 0 Å². The number of H-pyrrole nitrogens is 1. The fourth-order valence-electron chi connectivity index (χ4n) is 3.99. The van der Waals surface area contributed by atoms with E-state index < -0.39 is 0 Å². The van der Waals surface area contributed by atoms with E-state index in [1.807, 2.05) is 47.4 Å². The van der Waals surface area contributed by atoms with Crippen molar-refractivity contribution in [1.82, 2.24) is 14.5 Å². The Kier molecular flexibility index (Phi) is 3.90. The third kappa shape index (κ3) is 2.61. The quantitative estimate of drug-likeness (QED) is 0.489. The Morgan fingerprint density at radius 3 is 2.56 bits per heavy atom. The van der Waals surface area contributed by atoms with E-state index in [1.54, 1.807) is 0 Å². The van der Waals surface area contributed by atoms with Crippen molar-refractivity contribution in [1.29, 1.82) is 0 Å². The number of carbonyl (C=O) groups is 1. The van der Waals surface area contributed by atoms with E-state index in [2.05, 4.69) is 55.9 Å². The summed E-state index contributed by atoms with van der Waals surface area (Å²) in [7, 11) is 0. The molecule has 1 aliphatic heterocycles. The van der Waals surface area contributed by atoms with Gasteiger partial charge in [-0.3, -0.25) is 4.79 Å². The van der Waals surface area contributed by atoms with Crippen LogP contribution in [0, 0.1) is 0 Å². The molecule has 1 N–H and O–H groups in total. The number of aromatic nitrogens is 2. The number of nitrogens with one attached hydrogen (secondary N) is 1. The molecule has 0 fully saturated rings. The lowest BCUT2D eigenvalue weighted by atomic mass is 9.99. The molecule has 0 saturated carbocycles. The number of benzene rings is 2. The molecule has 134 valence electrons. The van der Waals surface area contributed by atoms with Crippen molar-refractivity contribution in [2.75, 3.05) is 6.54 Å². The molecule has 1 aliphatic rings. The van der Waals surface area contributed by atoms with E-state index in [0.717, 1.165) is 33.2 Å². The lowest BCUT2D eigenvalue weighted by Gasteiger charge is -2.37. The second-order valence-corrected chi connectivity index (χ2v) is 7.59. The largest absolute Gasteiger partial charge is 0.350 e. The Morgan fingerprint density at radius 2 is 1.74 bits per heavy atom. The fourth-order valence-corrected chi connectivity index (χ4v) is 4.60. The molecule has 2 aromatic heterocycles. The Bertz CT molecular complexity index is 1130. The monoisotopic (exact) mass is 419 g/mol. The second-order valence-electron chi connectivity index (χ2n) is 6.80. The highest BCUT2D eigenvalue weighted by Gasteiger charge is 2.34. The number of para-hydroxylation sites is 1. The van der Waals surface area contributed by atoms with Crippen LogP contribution >= 0.6 is 15.9 Å². The molecular weight excluding hydrogens is 402 g/mol. The lowest BCUT2D eigenvalue weighted by molar-refractivity contribution is 0.0658. The SMILES string of the molecule is O=C(c1[nH]c2ccccc2c1Br)N1CCn2cccc2C1c1ccccc1. The summed E-state index contributed by atoms with van der Waals surface area (Å²) < 4.78 is 3.07. The highest BCUT2D eigenvalue weighted by Crippen LogP contribution is 2.35. The Labute approximate surface area is 165 Å². The first kappa shape index (κ1) is 16.4. The first-order valence-electron chi connectivity index (χ1n) is 9.01. The summed E-state index contributed by atoms with van der Waals surface area (Å²) >= 11 is 3.64. The van der Waals surface area contributed by atoms with Crippen molar-refractivity contribution in [3.8, 4) is 0 Å². The standard InChI is InChI=1S/C22H18BrN3O/c23-19-16-9-4-5-10-17(16)24-20(19)22(27)26-14-13-25-12-6-11-18(25)21(26)15-7-2-1-3-8-15/h1-12,21,24H,13-14H2. The number of amides is 1. The predicted octanol–water partition coefficient (Wildman–Crippen LogP) is 4.98. The molecule has 0 radical (unpaired) electrons. The van der Waals surface area contributed by atoms with E-state index in [-0.39, 0.29) is 11.9 Å². The van der Waals surface area contributed by atoms with Crippen LogP contribution in [0.15, 0.2) is 77.4 Å². The molecule has 5 heteroatoms. The van der Waals surface area contributed by atoms with Crippen molar-refractivity contribution in [3.05, 3.63) is 94.4 Å². The number of aromatic amines is 1. The normalized spacial score (nSPS) is 16.5. The molecule has 2 aromatic carbocycles. The third-order valence-corrected chi connectivity index (χ3v) is 6.09. The Hall–Kier alpha value is -2.79. The van der Waals surface area contributed by atoms with Gasteiger partial charge in [0.25, 0.3) is 5.91 Å². The minimum atomic E-state index is -0.0965. The number of carbonyl (C=O) groups excluding carboxylic acids is 1. The van der Waals surface area contributed by atoms with Crippen molar-refractivity contribution >= 4 is 32.7 Å². The van der Waals surface area contributed by atoms with Gasteiger partial charge >= 0.3 is 0 Å². The van der Waals surface area contributed by atoms with E-state index in [9.17, 15) is 4.79 Å². The van der Waals surface area contributed by atoms with E-state index >= 15 is 0 Å². The highest BCUT2D eigenvalue weighted by atomic mass is 79.9. The minimum absolute atomic E-state index is 0.0133. The van der Waals surface area contributed by atoms with Crippen LogP contribution in [0.25, 0.3) is 10.9 Å². The van der Waals surface area contributed by atoms with Crippen molar-refractivity contribution < 1.29 is 4.79 Å². The summed E-state index contributed by atoms with van der Waals surface area (Å²) in [4.78, 5) is 18.8. The van der Waals surface area contributed by atoms with Crippen LogP contribution in [0.2, 0.25) is 0 Å². The van der Waals surface area contributed by atoms with Gasteiger partial charge in [0.1, 0.15) is 5.69 Å². The zero-order valence-electron chi connectivity index (χ0n) is 14.6. The maximum atomic E-state index is 13.6. The molecule has 3 heterocycles. The summed E-state index contributed by atoms with van der Waals surface area (Å²) in [5.74, 6) is 0.0133. The van der Waals surface area contributed by atoms with Crippen LogP contribution in [0.4, 0.5) is 0 Å². The summed E-state index contributed by atoms with van der Waals surface area (Å²) in [5.41, 5.74) is 3.84. The van der Waals surface area contributed by atoms with Crippen molar-refractivity contribution in [2.24, 2.45) is 0 Å². The summed E-state index contributed by atoms with van der Waals surface area (Å²) in [5, 5.41) is 1.03. The van der Waals surface area contributed by atoms with Crippen molar-refractivity contribution in [3.63, 3.8) is 0 Å². The van der Waals surface area contributed by atoms with Gasteiger partial charge in [-0.25, -0.2) is 0 Å². The zero-order valence-corrected chi connectivity index (χ0v) is 16.2. The Morgan fingerprint density at radius 1 is 0.963 bits per heavy atom. The van der Waals surface area contributed by atoms with Gasteiger partial charge < -0.3 is 14.5 Å². The zero-order chi connectivity index (χ0) is 18.4. The lowest BCUT2D eigenvalue weighted by Crippen LogP contribution is -2.42. The van der Waals surface area contributed by atoms with Gasteiger partial charge in [-0.1, -0.05) is 48.5 Å². The average Bonchev–Trinajstić information content (AvgIpc) is 3.32. The molecule has 0 bridgehead atoms. The number of hydrogen-bond donors (Lipinski definition) is 1. The van der Waals surface area contributed by atoms with Gasteiger partial charge in [0, 0.05) is 35.9 Å². The van der Waals surface area contributed by atoms with Gasteiger partial charge in [0.15, 0.2) is 0 Å². The molecule has 0 aliphatic carbocycles. The number of halogens is 1. The van der Waals surface area contributed by atoms with Crippen molar-refractivity contribution in [2.45, 2.75) is 12.6 Å². The predicted molar refractivity (Wildman–Crippen MR) is 110 cm³/mol. The molecular formula is C22H18BrN3O. The van der Waals surface area contributed by atoms with Gasteiger partial charge in [-0.15, -0.1) is 0 Å². The molecule has 27 heavy (non-hydrogen) atoms.